The largest absolute Gasteiger partial charge is 0.497 e. The molecule has 17 heavy (non-hydrogen) atoms. The molecule has 1 amide bonds. The number of fused-ring (bicyclic) bond motifs is 1. The first-order chi connectivity index (χ1) is 8.15. The van der Waals surface area contributed by atoms with Crippen LogP contribution in [0.4, 0.5) is 0 Å². The van der Waals surface area contributed by atoms with Gasteiger partial charge in [0.2, 0.25) is 0 Å². The van der Waals surface area contributed by atoms with Crippen LogP contribution in [-0.4, -0.2) is 32.2 Å². The van der Waals surface area contributed by atoms with Crippen molar-refractivity contribution in [3.05, 3.63) is 29.1 Å². The van der Waals surface area contributed by atoms with Gasteiger partial charge in [-0.2, -0.15) is 0 Å². The lowest BCUT2D eigenvalue weighted by Gasteiger charge is -2.11. The molecular weight excluding hydrogens is 238 g/mol. The van der Waals surface area contributed by atoms with Crippen molar-refractivity contribution in [1.29, 1.82) is 0 Å². The summed E-state index contributed by atoms with van der Waals surface area (Å²) in [6.45, 7) is 0. The highest BCUT2D eigenvalue weighted by Crippen LogP contribution is 2.29. The number of hydrogen-bond acceptors (Lipinski definition) is 4. The maximum atomic E-state index is 11.9. The topological polar surface area (TPSA) is 38.8 Å². The second-order valence-corrected chi connectivity index (χ2v) is 4.58. The molecule has 5 heteroatoms. The summed E-state index contributed by atoms with van der Waals surface area (Å²) in [4.78, 5) is 17.4. The number of amides is 1. The van der Waals surface area contributed by atoms with Gasteiger partial charge in [0.05, 0.1) is 19.1 Å². The third-order valence-corrected chi connectivity index (χ3v) is 3.58. The number of hydrogen-bond donors (Lipinski definition) is 0. The number of nitrogens with zero attached hydrogens (tertiary/aromatic N) is 1. The second kappa shape index (κ2) is 4.73. The number of carbonyl (C=O) groups is 1. The van der Waals surface area contributed by atoms with Crippen molar-refractivity contribution in [2.45, 2.75) is 0 Å². The number of methoxy groups -OCH3 is 1. The van der Waals surface area contributed by atoms with E-state index in [1.165, 1.54) is 23.5 Å². The van der Waals surface area contributed by atoms with E-state index in [1.54, 1.807) is 14.2 Å². The van der Waals surface area contributed by atoms with Crippen LogP contribution in [0.15, 0.2) is 24.3 Å². The Balaban J connectivity index is 2.41. The molecule has 0 aliphatic heterocycles. The maximum absolute atomic E-state index is 11.9. The molecule has 0 saturated heterocycles. The molecule has 2 aromatic rings. The van der Waals surface area contributed by atoms with Gasteiger partial charge in [0, 0.05) is 11.7 Å². The molecule has 0 fully saturated rings. The Kier molecular flexibility index (Phi) is 3.31. The fraction of sp³-hybridized carbons (Fsp3) is 0.250. The zero-order valence-electron chi connectivity index (χ0n) is 9.89. The Hall–Kier alpha value is -1.59. The van der Waals surface area contributed by atoms with Crippen molar-refractivity contribution in [2.24, 2.45) is 0 Å². The van der Waals surface area contributed by atoms with Crippen LogP contribution in [0.3, 0.4) is 0 Å². The molecule has 0 spiro atoms. The summed E-state index contributed by atoms with van der Waals surface area (Å²) in [5.74, 6) is 0.645. The molecule has 0 bridgehead atoms. The zero-order chi connectivity index (χ0) is 12.4. The molecule has 2 rings (SSSR count). The first kappa shape index (κ1) is 11.9. The van der Waals surface area contributed by atoms with E-state index in [4.69, 9.17) is 9.57 Å². The Bertz CT molecular complexity index is 550. The monoisotopic (exact) mass is 251 g/mol. The Labute approximate surface area is 103 Å². The minimum absolute atomic E-state index is 0.146. The van der Waals surface area contributed by atoms with Crippen molar-refractivity contribution in [3.8, 4) is 5.75 Å². The van der Waals surface area contributed by atoms with Crippen molar-refractivity contribution in [1.82, 2.24) is 5.06 Å². The van der Waals surface area contributed by atoms with Gasteiger partial charge >= 0.3 is 0 Å². The number of rotatable bonds is 3. The van der Waals surface area contributed by atoms with Gasteiger partial charge in [0.25, 0.3) is 5.91 Å². The van der Waals surface area contributed by atoms with Gasteiger partial charge in [-0.15, -0.1) is 11.3 Å². The van der Waals surface area contributed by atoms with Gasteiger partial charge in [-0.3, -0.25) is 9.63 Å². The van der Waals surface area contributed by atoms with Crippen LogP contribution in [0.2, 0.25) is 0 Å². The first-order valence-corrected chi connectivity index (χ1v) is 5.87. The Morgan fingerprint density at radius 1 is 1.29 bits per heavy atom. The van der Waals surface area contributed by atoms with Gasteiger partial charge in [-0.25, -0.2) is 5.06 Å². The summed E-state index contributed by atoms with van der Waals surface area (Å²) in [7, 11) is 4.68. The molecule has 1 heterocycles. The third kappa shape index (κ3) is 2.25. The smallest absolute Gasteiger partial charge is 0.287 e. The minimum Gasteiger partial charge on any atom is -0.497 e. The fourth-order valence-corrected chi connectivity index (χ4v) is 2.54. The molecule has 90 valence electrons. The van der Waals surface area contributed by atoms with Gasteiger partial charge in [0.1, 0.15) is 5.75 Å². The van der Waals surface area contributed by atoms with Crippen molar-refractivity contribution >= 4 is 27.3 Å². The van der Waals surface area contributed by atoms with Crippen LogP contribution < -0.4 is 4.74 Å². The van der Waals surface area contributed by atoms with E-state index >= 15 is 0 Å². The molecule has 1 aromatic carbocycles. The molecule has 0 N–H and O–H groups in total. The summed E-state index contributed by atoms with van der Waals surface area (Å²) < 4.78 is 6.17. The first-order valence-electron chi connectivity index (χ1n) is 5.05. The van der Waals surface area contributed by atoms with E-state index in [-0.39, 0.29) is 5.91 Å². The van der Waals surface area contributed by atoms with E-state index in [2.05, 4.69) is 0 Å². The predicted molar refractivity (Wildman–Crippen MR) is 67.5 cm³/mol. The molecule has 0 radical (unpaired) electrons. The molecule has 0 aliphatic carbocycles. The highest BCUT2D eigenvalue weighted by molar-refractivity contribution is 7.20. The summed E-state index contributed by atoms with van der Waals surface area (Å²) in [6.07, 6.45) is 0. The van der Waals surface area contributed by atoms with Gasteiger partial charge in [-0.1, -0.05) is 0 Å². The van der Waals surface area contributed by atoms with Crippen LogP contribution >= 0.6 is 11.3 Å². The Morgan fingerprint density at radius 2 is 2.06 bits per heavy atom. The highest BCUT2D eigenvalue weighted by Gasteiger charge is 2.14. The summed E-state index contributed by atoms with van der Waals surface area (Å²) in [5, 5.41) is 2.24. The van der Waals surface area contributed by atoms with Gasteiger partial charge in [0.15, 0.2) is 0 Å². The van der Waals surface area contributed by atoms with Gasteiger partial charge in [-0.05, 0) is 29.7 Å². The SMILES string of the molecule is COc1ccc2cc(C(=O)N(C)OC)sc2c1. The standard InChI is InChI=1S/C12H13NO3S/c1-13(16-3)12(14)11-6-8-4-5-9(15-2)7-10(8)17-11/h4-7H,1-3H3. The van der Waals surface area contributed by atoms with Crippen LogP contribution in [0.25, 0.3) is 10.1 Å². The summed E-state index contributed by atoms with van der Waals surface area (Å²) >= 11 is 1.43. The van der Waals surface area contributed by atoms with E-state index < -0.39 is 0 Å². The number of ether oxygens (including phenoxy) is 1. The molecule has 4 nitrogen and oxygen atoms in total. The van der Waals surface area contributed by atoms with Crippen LogP contribution in [0, 0.1) is 0 Å². The zero-order valence-corrected chi connectivity index (χ0v) is 10.7. The Morgan fingerprint density at radius 3 is 2.71 bits per heavy atom. The van der Waals surface area contributed by atoms with Gasteiger partial charge < -0.3 is 4.74 Å². The predicted octanol–water partition coefficient (Wildman–Crippen LogP) is 2.54. The maximum Gasteiger partial charge on any atom is 0.287 e. The average molecular weight is 251 g/mol. The number of hydroxylamine groups is 2. The van der Waals surface area contributed by atoms with Crippen molar-refractivity contribution < 1.29 is 14.4 Å². The molecule has 0 saturated carbocycles. The van der Waals surface area contributed by atoms with Crippen LogP contribution in [0.1, 0.15) is 9.67 Å². The number of benzene rings is 1. The van der Waals surface area contributed by atoms with Crippen molar-refractivity contribution in [3.63, 3.8) is 0 Å². The summed E-state index contributed by atoms with van der Waals surface area (Å²) in [6, 6.07) is 7.60. The van der Waals surface area contributed by atoms with E-state index in [9.17, 15) is 4.79 Å². The summed E-state index contributed by atoms with van der Waals surface area (Å²) in [5.41, 5.74) is 0. The number of carbonyl (C=O) groups excluding carboxylic acids is 1. The van der Waals surface area contributed by atoms with Crippen LogP contribution in [-0.2, 0) is 4.84 Å². The van der Waals surface area contributed by atoms with E-state index in [0.29, 0.717) is 4.88 Å². The van der Waals surface area contributed by atoms with Crippen molar-refractivity contribution in [2.75, 3.05) is 21.3 Å². The molecule has 0 atom stereocenters. The normalized spacial score (nSPS) is 10.5. The minimum atomic E-state index is -0.146. The molecule has 0 unspecified atom stereocenters. The van der Waals surface area contributed by atoms with E-state index in [1.807, 2.05) is 24.3 Å². The fourth-order valence-electron chi connectivity index (χ4n) is 1.48. The highest BCUT2D eigenvalue weighted by atomic mass is 32.1. The lowest BCUT2D eigenvalue weighted by molar-refractivity contribution is -0.0753. The van der Waals surface area contributed by atoms with Crippen LogP contribution in [0.5, 0.6) is 5.75 Å². The molecule has 1 aromatic heterocycles. The number of thiophene rings is 1. The lowest BCUT2D eigenvalue weighted by atomic mass is 10.2. The third-order valence-electron chi connectivity index (χ3n) is 2.50. The lowest BCUT2D eigenvalue weighted by Crippen LogP contribution is -2.24. The quantitative estimate of drug-likeness (QED) is 0.787. The second-order valence-electron chi connectivity index (χ2n) is 3.50. The van der Waals surface area contributed by atoms with E-state index in [0.717, 1.165) is 15.8 Å². The molecular formula is C12H13NO3S. The average Bonchev–Trinajstić information content (AvgIpc) is 2.79. The molecule has 0 aliphatic rings.